The molecule has 7 nitrogen and oxygen atoms in total. The van der Waals surface area contributed by atoms with Gasteiger partial charge in [0, 0.05) is 24.8 Å². The first kappa shape index (κ1) is 16.2. The molecule has 2 aliphatic rings. The fraction of sp³-hybridized carbons (Fsp3) is 0.368. The van der Waals surface area contributed by atoms with Gasteiger partial charge in [-0.05, 0) is 50.1 Å². The molecular weight excluding hydrogens is 347 g/mol. The lowest BCUT2D eigenvalue weighted by atomic mass is 10.1. The van der Waals surface area contributed by atoms with E-state index in [1.165, 1.54) is 24.3 Å². The summed E-state index contributed by atoms with van der Waals surface area (Å²) in [5.74, 6) is 1.08. The zero-order valence-corrected chi connectivity index (χ0v) is 14.9. The molecule has 0 N–H and O–H groups in total. The first-order valence-corrected chi connectivity index (χ1v) is 9.17. The van der Waals surface area contributed by atoms with Crippen LogP contribution in [-0.4, -0.2) is 41.9 Å². The second-order valence-corrected chi connectivity index (χ2v) is 7.11. The molecule has 5 rings (SSSR count). The van der Waals surface area contributed by atoms with Gasteiger partial charge in [0.15, 0.2) is 11.6 Å². The van der Waals surface area contributed by atoms with Crippen molar-refractivity contribution < 1.29 is 9.18 Å². The van der Waals surface area contributed by atoms with Gasteiger partial charge >= 0.3 is 0 Å². The highest BCUT2D eigenvalue weighted by Gasteiger charge is 2.34. The summed E-state index contributed by atoms with van der Waals surface area (Å²) in [6.07, 6.45) is 4.09. The van der Waals surface area contributed by atoms with Crippen molar-refractivity contribution in [3.63, 3.8) is 0 Å². The third-order valence-electron chi connectivity index (χ3n) is 5.33. The average Bonchev–Trinajstić information content (AvgIpc) is 3.24. The van der Waals surface area contributed by atoms with Crippen LogP contribution in [-0.2, 0) is 6.54 Å². The summed E-state index contributed by atoms with van der Waals surface area (Å²) in [5, 5.41) is 13.2. The lowest BCUT2D eigenvalue weighted by Gasteiger charge is -2.33. The van der Waals surface area contributed by atoms with Gasteiger partial charge in [0.2, 0.25) is 0 Å². The topological polar surface area (TPSA) is 68.8 Å². The fourth-order valence-corrected chi connectivity index (χ4v) is 3.71. The highest BCUT2D eigenvalue weighted by Crippen LogP contribution is 2.38. The zero-order chi connectivity index (χ0) is 18.5. The molecule has 27 heavy (non-hydrogen) atoms. The molecule has 1 aliphatic heterocycles. The number of halogens is 1. The Labute approximate surface area is 155 Å². The van der Waals surface area contributed by atoms with Crippen LogP contribution in [0.25, 0.3) is 11.5 Å². The number of hydrogen-bond acceptors (Lipinski definition) is 4. The average molecular weight is 366 g/mol. The van der Waals surface area contributed by atoms with Gasteiger partial charge in [0.05, 0.1) is 12.1 Å². The quantitative estimate of drug-likeness (QED) is 0.715. The highest BCUT2D eigenvalue weighted by atomic mass is 19.1. The van der Waals surface area contributed by atoms with Gasteiger partial charge in [-0.1, -0.05) is 0 Å². The predicted molar refractivity (Wildman–Crippen MR) is 95.4 cm³/mol. The molecule has 3 aromatic rings. The molecule has 0 saturated heterocycles. The van der Waals surface area contributed by atoms with Gasteiger partial charge in [0.1, 0.15) is 11.5 Å². The summed E-state index contributed by atoms with van der Waals surface area (Å²) in [4.78, 5) is 14.6. The van der Waals surface area contributed by atoms with Crippen LogP contribution in [0.5, 0.6) is 0 Å². The maximum Gasteiger partial charge on any atom is 0.254 e. The number of benzene rings is 1. The summed E-state index contributed by atoms with van der Waals surface area (Å²) in [5.41, 5.74) is 1.45. The molecule has 0 bridgehead atoms. The van der Waals surface area contributed by atoms with Crippen molar-refractivity contribution in [2.24, 2.45) is 0 Å². The van der Waals surface area contributed by atoms with Crippen LogP contribution in [0.2, 0.25) is 0 Å². The van der Waals surface area contributed by atoms with Crippen molar-refractivity contribution in [3.8, 4) is 11.5 Å². The lowest BCUT2D eigenvalue weighted by molar-refractivity contribution is 0.0638. The SMILES string of the molecule is C[C@@H]1c2nnc(-c3ccnn3C3CC3)n2CCN1C(=O)c1ccc(F)cc1. The number of aromatic nitrogens is 5. The van der Waals surface area contributed by atoms with Crippen LogP contribution in [0.3, 0.4) is 0 Å². The molecule has 8 heteroatoms. The van der Waals surface area contributed by atoms with Gasteiger partial charge in [0.25, 0.3) is 5.91 Å². The van der Waals surface area contributed by atoms with E-state index in [1.54, 1.807) is 11.1 Å². The van der Waals surface area contributed by atoms with Crippen molar-refractivity contribution in [3.05, 3.63) is 53.7 Å². The van der Waals surface area contributed by atoms with E-state index in [0.29, 0.717) is 24.7 Å². The Morgan fingerprint density at radius 1 is 1.11 bits per heavy atom. The van der Waals surface area contributed by atoms with E-state index < -0.39 is 0 Å². The minimum atomic E-state index is -0.352. The Hall–Kier alpha value is -3.03. The molecule has 1 aliphatic carbocycles. The molecule has 1 aromatic carbocycles. The van der Waals surface area contributed by atoms with Gasteiger partial charge < -0.3 is 9.47 Å². The van der Waals surface area contributed by atoms with E-state index in [0.717, 1.165) is 30.2 Å². The molecular formula is C19H19FN6O. The minimum Gasteiger partial charge on any atom is -0.327 e. The predicted octanol–water partition coefficient (Wildman–Crippen LogP) is 2.83. The van der Waals surface area contributed by atoms with Gasteiger partial charge in [-0.2, -0.15) is 5.10 Å². The van der Waals surface area contributed by atoms with Crippen LogP contribution in [0.15, 0.2) is 36.5 Å². The maximum atomic E-state index is 13.1. The number of carbonyl (C=O) groups excluding carboxylic acids is 1. The van der Waals surface area contributed by atoms with Crippen molar-refractivity contribution in [1.82, 2.24) is 29.4 Å². The maximum absolute atomic E-state index is 13.1. The number of rotatable bonds is 3. The molecule has 0 unspecified atom stereocenters. The lowest BCUT2D eigenvalue weighted by Crippen LogP contribution is -2.41. The fourth-order valence-electron chi connectivity index (χ4n) is 3.71. The van der Waals surface area contributed by atoms with Crippen LogP contribution in [0, 0.1) is 5.82 Å². The summed E-state index contributed by atoms with van der Waals surface area (Å²) in [6.45, 7) is 3.11. The van der Waals surface area contributed by atoms with Crippen molar-refractivity contribution in [2.75, 3.05) is 6.54 Å². The van der Waals surface area contributed by atoms with E-state index >= 15 is 0 Å². The van der Waals surface area contributed by atoms with E-state index in [4.69, 9.17) is 0 Å². The third-order valence-corrected chi connectivity index (χ3v) is 5.33. The van der Waals surface area contributed by atoms with Crippen LogP contribution >= 0.6 is 0 Å². The second kappa shape index (κ2) is 6.00. The Morgan fingerprint density at radius 2 is 1.89 bits per heavy atom. The Bertz CT molecular complexity index is 1000. The number of carbonyl (C=O) groups is 1. The normalized spacial score (nSPS) is 19.2. The van der Waals surface area contributed by atoms with Gasteiger partial charge in [-0.15, -0.1) is 10.2 Å². The van der Waals surface area contributed by atoms with Gasteiger partial charge in [-0.25, -0.2) is 4.39 Å². The zero-order valence-electron chi connectivity index (χ0n) is 14.9. The molecule has 0 spiro atoms. The van der Waals surface area contributed by atoms with E-state index in [9.17, 15) is 9.18 Å². The van der Waals surface area contributed by atoms with Gasteiger partial charge in [-0.3, -0.25) is 9.48 Å². The van der Waals surface area contributed by atoms with Crippen molar-refractivity contribution in [1.29, 1.82) is 0 Å². The molecule has 3 heterocycles. The summed E-state index contributed by atoms with van der Waals surface area (Å²) >= 11 is 0. The number of nitrogens with zero attached hydrogens (tertiary/aromatic N) is 6. The Balaban J connectivity index is 1.45. The Kier molecular flexibility index (Phi) is 3.60. The molecule has 0 radical (unpaired) electrons. The van der Waals surface area contributed by atoms with E-state index in [2.05, 4.69) is 19.9 Å². The van der Waals surface area contributed by atoms with Crippen molar-refractivity contribution in [2.45, 2.75) is 38.4 Å². The van der Waals surface area contributed by atoms with Crippen LogP contribution in [0.4, 0.5) is 4.39 Å². The standard InChI is InChI=1S/C19H19FN6O/c1-12-17-22-23-18(16-8-9-21-26(16)15-6-7-15)25(17)11-10-24(12)19(27)13-2-4-14(20)5-3-13/h2-5,8-9,12,15H,6-7,10-11H2,1H3/t12-/m1/s1. The van der Waals surface area contributed by atoms with Crippen LogP contribution in [0.1, 0.15) is 48.0 Å². The highest BCUT2D eigenvalue weighted by molar-refractivity contribution is 5.94. The largest absolute Gasteiger partial charge is 0.327 e. The molecule has 2 aromatic heterocycles. The Morgan fingerprint density at radius 3 is 2.63 bits per heavy atom. The third kappa shape index (κ3) is 2.63. The smallest absolute Gasteiger partial charge is 0.254 e. The van der Waals surface area contributed by atoms with E-state index in [-0.39, 0.29) is 17.8 Å². The second-order valence-electron chi connectivity index (χ2n) is 7.11. The first-order chi connectivity index (χ1) is 13.1. The summed E-state index contributed by atoms with van der Waals surface area (Å²) < 4.78 is 17.2. The monoisotopic (exact) mass is 366 g/mol. The molecule has 1 saturated carbocycles. The number of fused-ring (bicyclic) bond motifs is 1. The first-order valence-electron chi connectivity index (χ1n) is 9.17. The molecule has 1 atom stereocenters. The number of hydrogen-bond donors (Lipinski definition) is 0. The molecule has 1 amide bonds. The summed E-state index contributed by atoms with van der Waals surface area (Å²) in [7, 11) is 0. The van der Waals surface area contributed by atoms with E-state index in [1.807, 2.05) is 17.7 Å². The molecule has 1 fully saturated rings. The van der Waals surface area contributed by atoms with Crippen molar-refractivity contribution >= 4 is 5.91 Å². The molecule has 138 valence electrons. The minimum absolute atomic E-state index is 0.124. The van der Waals surface area contributed by atoms with Crippen LogP contribution < -0.4 is 0 Å². The number of amides is 1. The summed E-state index contributed by atoms with van der Waals surface area (Å²) in [6, 6.07) is 7.86.